The lowest BCUT2D eigenvalue weighted by molar-refractivity contribution is 0.278. The van der Waals surface area contributed by atoms with E-state index in [9.17, 15) is 52.7 Å². The number of hydrogen-bond donors (Lipinski definition) is 0. The number of benzene rings is 3. The van der Waals surface area contributed by atoms with Crippen LogP contribution in [-0.2, 0) is 0 Å². The molecule has 19 heteroatoms. The van der Waals surface area contributed by atoms with E-state index in [0.717, 1.165) is 0 Å². The fourth-order valence-electron chi connectivity index (χ4n) is 4.03. The molecule has 0 saturated carbocycles. The van der Waals surface area contributed by atoms with Gasteiger partial charge in [-0.15, -0.1) is 0 Å². The summed E-state index contributed by atoms with van der Waals surface area (Å²) in [5.74, 6) is -21.2. The van der Waals surface area contributed by atoms with Crippen LogP contribution in [0.1, 0.15) is 0 Å². The van der Waals surface area contributed by atoms with Crippen LogP contribution < -0.4 is 14.0 Å². The van der Waals surface area contributed by atoms with Crippen molar-refractivity contribution >= 4 is 40.2 Å². The predicted molar refractivity (Wildman–Crippen MR) is 116 cm³/mol. The van der Waals surface area contributed by atoms with Crippen LogP contribution in [0.25, 0.3) is 32.9 Å². The average Bonchev–Trinajstić information content (AvgIpc) is 3.51. The molecule has 0 amide bonds. The first-order valence-electron chi connectivity index (χ1n) is 11.0. The van der Waals surface area contributed by atoms with Gasteiger partial charge in [0.1, 0.15) is 17.5 Å². The van der Waals surface area contributed by atoms with Gasteiger partial charge in [-0.1, -0.05) is 0 Å². The first kappa shape index (κ1) is 28.0. The molecule has 6 aromatic rings. The minimum atomic E-state index is -3.02. The van der Waals surface area contributed by atoms with Crippen molar-refractivity contribution in [2.75, 3.05) is 0 Å². The number of halogens is 12. The van der Waals surface area contributed by atoms with Crippen LogP contribution in [0.4, 0.5) is 52.7 Å². The Morgan fingerprint density at radius 2 is 0.651 bits per heavy atom. The number of fused-ring (bicyclic) bond motifs is 3. The summed E-state index contributed by atoms with van der Waals surface area (Å²) in [4.78, 5) is 0. The second-order valence-electron chi connectivity index (χ2n) is 8.33. The van der Waals surface area contributed by atoms with Gasteiger partial charge in [0.15, 0.2) is 51.4 Å². The molecule has 0 saturated heterocycles. The third kappa shape index (κ3) is 4.25. The smallest absolute Gasteiger partial charge is 0.484 e. The summed E-state index contributed by atoms with van der Waals surface area (Å²) in [5.41, 5.74) is -4.11. The summed E-state index contributed by atoms with van der Waals surface area (Å²) in [6.45, 7) is 0. The highest BCUT2D eigenvalue weighted by Crippen LogP contribution is 2.40. The van der Waals surface area contributed by atoms with E-state index in [0.29, 0.717) is 0 Å². The highest BCUT2D eigenvalue weighted by Gasteiger charge is 2.40. The Labute approximate surface area is 226 Å². The van der Waals surface area contributed by atoms with E-state index in [1.165, 1.54) is 0 Å². The third-order valence-corrected chi connectivity index (χ3v) is 5.82. The van der Waals surface area contributed by atoms with E-state index in [2.05, 4.69) is 13.3 Å². The molecule has 3 aromatic carbocycles. The van der Waals surface area contributed by atoms with Gasteiger partial charge in [-0.3, -0.25) is 0 Å². The number of furan rings is 3. The van der Waals surface area contributed by atoms with E-state index in [4.69, 9.17) is 14.0 Å². The second kappa shape index (κ2) is 9.74. The molecular weight excluding hydrogens is 623 g/mol. The highest BCUT2D eigenvalue weighted by molar-refractivity contribution is 6.40. The van der Waals surface area contributed by atoms with Gasteiger partial charge in [0.25, 0.3) is 0 Å². The summed E-state index contributed by atoms with van der Waals surface area (Å²) < 4.78 is 198. The van der Waals surface area contributed by atoms with Crippen LogP contribution in [0, 0.1) is 70.4 Å². The molecule has 6 nitrogen and oxygen atoms in total. The van der Waals surface area contributed by atoms with Gasteiger partial charge in [-0.05, 0) is 0 Å². The van der Waals surface area contributed by atoms with Crippen LogP contribution in [-0.4, -0.2) is 7.32 Å². The Morgan fingerprint density at radius 3 is 0.907 bits per heavy atom. The maximum Gasteiger partial charge on any atom is 0.864 e. The molecule has 0 aliphatic carbocycles. The van der Waals surface area contributed by atoms with Crippen molar-refractivity contribution in [3.63, 3.8) is 0 Å². The Balaban J connectivity index is 1.55. The molecule has 6 rings (SSSR count). The molecule has 3 heterocycles. The highest BCUT2D eigenvalue weighted by atomic mass is 19.2. The molecule has 0 N–H and O–H groups in total. The number of hydrogen-bond acceptors (Lipinski definition) is 6. The zero-order valence-electron chi connectivity index (χ0n) is 19.8. The summed E-state index contributed by atoms with van der Waals surface area (Å²) in [6.07, 6.45) is 0. The van der Waals surface area contributed by atoms with E-state index >= 15 is 0 Å². The van der Waals surface area contributed by atoms with Crippen molar-refractivity contribution in [3.05, 3.63) is 88.6 Å². The van der Waals surface area contributed by atoms with Crippen LogP contribution in [0.2, 0.25) is 0 Å². The van der Waals surface area contributed by atoms with E-state index in [1.54, 1.807) is 0 Å². The van der Waals surface area contributed by atoms with Gasteiger partial charge in [0.2, 0.25) is 17.5 Å². The molecular formula is C24H3BF12O6. The van der Waals surface area contributed by atoms with Crippen LogP contribution in [0.5, 0.6) is 17.2 Å². The van der Waals surface area contributed by atoms with Crippen molar-refractivity contribution in [3.8, 4) is 17.2 Å². The zero-order chi connectivity index (χ0) is 31.1. The molecule has 0 fully saturated rings. The Hall–Kier alpha value is -5.10. The zero-order valence-corrected chi connectivity index (χ0v) is 19.8. The van der Waals surface area contributed by atoms with Gasteiger partial charge in [0, 0.05) is 18.2 Å². The maximum atomic E-state index is 14.8. The fourth-order valence-corrected chi connectivity index (χ4v) is 4.03. The predicted octanol–water partition coefficient (Wildman–Crippen LogP) is 8.12. The third-order valence-electron chi connectivity index (χ3n) is 5.82. The molecule has 43 heavy (non-hydrogen) atoms. The fraction of sp³-hybridized carbons (Fsp3) is 0. The van der Waals surface area contributed by atoms with E-state index in [1.807, 2.05) is 0 Å². The summed E-state index contributed by atoms with van der Waals surface area (Å²) >= 11 is 0. The Morgan fingerprint density at radius 1 is 0.395 bits per heavy atom. The topological polar surface area (TPSA) is 67.1 Å². The molecule has 0 aliphatic rings. The lowest BCUT2D eigenvalue weighted by Crippen LogP contribution is -2.38. The van der Waals surface area contributed by atoms with Gasteiger partial charge < -0.3 is 27.2 Å². The quantitative estimate of drug-likeness (QED) is 0.138. The minimum absolute atomic E-state index is 0.0747. The van der Waals surface area contributed by atoms with Crippen molar-refractivity contribution < 1.29 is 79.9 Å². The maximum absolute atomic E-state index is 14.8. The molecule has 0 spiro atoms. The van der Waals surface area contributed by atoms with Crippen molar-refractivity contribution in [2.24, 2.45) is 0 Å². The number of rotatable bonds is 6. The second-order valence-corrected chi connectivity index (χ2v) is 8.33. The molecule has 3 aromatic heterocycles. The SMILES string of the molecule is Fc1cc(F)c2c(F)c(F)oc2c1OB(Oc1c(F)cc(F)c2c(F)c(F)oc12)Oc1c(F)cc(F)c2c(F)c(F)oc12. The monoisotopic (exact) mass is 626 g/mol. The van der Waals surface area contributed by atoms with Crippen molar-refractivity contribution in [1.29, 1.82) is 0 Å². The summed E-state index contributed by atoms with van der Waals surface area (Å²) in [7, 11) is -3.02. The largest absolute Gasteiger partial charge is 0.864 e. The molecule has 0 aliphatic heterocycles. The standard InChI is InChI=1S/C24H3BF12O6/c26-4-1-7(29)16(19-10(4)13(32)22(35)38-19)41-25(42-17-8(30)2-5(27)11-14(33)23(36)39-20(11)17)43-18-9(31)3-6(28)12-15(34)24(37)40-21(12)18/h1-3H. The van der Waals surface area contributed by atoms with Crippen LogP contribution in [0.15, 0.2) is 31.5 Å². The van der Waals surface area contributed by atoms with E-state index in [-0.39, 0.29) is 18.2 Å². The van der Waals surface area contributed by atoms with Crippen LogP contribution in [0.3, 0.4) is 0 Å². The average molecular weight is 626 g/mol. The normalized spacial score (nSPS) is 11.7. The lowest BCUT2D eigenvalue weighted by atomic mass is 10.1. The van der Waals surface area contributed by atoms with Gasteiger partial charge in [0.05, 0.1) is 16.2 Å². The summed E-state index contributed by atoms with van der Waals surface area (Å²) in [5, 5.41) is -4.07. The first-order valence-corrected chi connectivity index (χ1v) is 11.0. The van der Waals surface area contributed by atoms with Gasteiger partial charge in [-0.2, -0.15) is 26.3 Å². The molecule has 0 atom stereocenters. The summed E-state index contributed by atoms with van der Waals surface area (Å²) in [6, 6.07) is -6.51. The van der Waals surface area contributed by atoms with Gasteiger partial charge >= 0.3 is 25.4 Å². The molecule has 0 bridgehead atoms. The molecule has 0 unspecified atom stereocenters. The van der Waals surface area contributed by atoms with Crippen molar-refractivity contribution in [2.45, 2.75) is 0 Å². The molecule has 0 radical (unpaired) electrons. The van der Waals surface area contributed by atoms with Gasteiger partial charge in [-0.25, -0.2) is 26.3 Å². The first-order chi connectivity index (χ1) is 20.3. The molecule has 222 valence electrons. The lowest BCUT2D eigenvalue weighted by Gasteiger charge is -2.18. The Bertz CT molecular complexity index is 1880. The minimum Gasteiger partial charge on any atom is -0.484 e. The van der Waals surface area contributed by atoms with Crippen molar-refractivity contribution in [1.82, 2.24) is 0 Å². The van der Waals surface area contributed by atoms with E-state index < -0.39 is 128 Å². The Kier molecular flexibility index (Phi) is 6.35. The van der Waals surface area contributed by atoms with Crippen LogP contribution >= 0.6 is 0 Å².